The average Bonchev–Trinajstić information content (AvgIpc) is 3.22. The van der Waals surface area contributed by atoms with Crippen molar-refractivity contribution in [3.05, 3.63) is 42.1 Å². The summed E-state index contributed by atoms with van der Waals surface area (Å²) in [4.78, 5) is 16.7. The van der Waals surface area contributed by atoms with Crippen LogP contribution in [0.5, 0.6) is 11.5 Å². The fourth-order valence-corrected chi connectivity index (χ4v) is 2.30. The Balaban J connectivity index is 1.54. The van der Waals surface area contributed by atoms with Gasteiger partial charge >= 0.3 is 0 Å². The van der Waals surface area contributed by atoms with Crippen molar-refractivity contribution in [3.63, 3.8) is 0 Å². The molecule has 1 amide bonds. The number of nitrogens with zero attached hydrogens (tertiary/aromatic N) is 1. The molecular weight excluding hydrogens is 282 g/mol. The molecule has 112 valence electrons. The molecular formula is C16H15N3O3. The van der Waals surface area contributed by atoms with Gasteiger partial charge in [0.25, 0.3) is 5.91 Å². The molecule has 2 N–H and O–H groups in total. The molecule has 2 aliphatic rings. The first-order chi connectivity index (χ1) is 10.8. The summed E-state index contributed by atoms with van der Waals surface area (Å²) in [5.41, 5.74) is 1.20. The van der Waals surface area contributed by atoms with Gasteiger partial charge in [0, 0.05) is 24.0 Å². The van der Waals surface area contributed by atoms with Crippen LogP contribution in [0.4, 0.5) is 11.5 Å². The number of benzene rings is 1. The monoisotopic (exact) mass is 297 g/mol. The predicted molar refractivity (Wildman–Crippen MR) is 81.4 cm³/mol. The average molecular weight is 297 g/mol. The molecule has 6 nitrogen and oxygen atoms in total. The first kappa shape index (κ1) is 12.9. The molecule has 4 rings (SSSR count). The van der Waals surface area contributed by atoms with Gasteiger partial charge in [0.2, 0.25) is 6.79 Å². The van der Waals surface area contributed by atoms with Crippen LogP contribution in [0, 0.1) is 0 Å². The third kappa shape index (κ3) is 2.55. The summed E-state index contributed by atoms with van der Waals surface area (Å²) in [7, 11) is 0. The first-order valence-corrected chi connectivity index (χ1v) is 7.22. The summed E-state index contributed by atoms with van der Waals surface area (Å²) >= 11 is 0. The number of nitrogens with one attached hydrogen (secondary N) is 2. The Labute approximate surface area is 127 Å². The van der Waals surface area contributed by atoms with Gasteiger partial charge < -0.3 is 20.1 Å². The van der Waals surface area contributed by atoms with Gasteiger partial charge in [-0.2, -0.15) is 0 Å². The normalized spacial score (nSPS) is 15.5. The number of carbonyl (C=O) groups excluding carboxylic acids is 1. The van der Waals surface area contributed by atoms with Crippen LogP contribution < -0.4 is 20.1 Å². The molecule has 1 aromatic carbocycles. The molecule has 1 saturated carbocycles. The van der Waals surface area contributed by atoms with E-state index >= 15 is 0 Å². The summed E-state index contributed by atoms with van der Waals surface area (Å²) in [5, 5.41) is 6.14. The highest BCUT2D eigenvalue weighted by atomic mass is 16.7. The highest BCUT2D eigenvalue weighted by Gasteiger charge is 2.24. The summed E-state index contributed by atoms with van der Waals surface area (Å²) in [6.45, 7) is 0.213. The van der Waals surface area contributed by atoms with Gasteiger partial charge in [-0.05, 0) is 37.1 Å². The molecule has 2 heterocycles. The van der Waals surface area contributed by atoms with Crippen LogP contribution in [0.25, 0.3) is 0 Å². The fraction of sp³-hybridized carbons (Fsp3) is 0.250. The van der Waals surface area contributed by atoms with E-state index in [1.54, 1.807) is 36.5 Å². The van der Waals surface area contributed by atoms with E-state index in [1.165, 1.54) is 0 Å². The maximum absolute atomic E-state index is 12.5. The van der Waals surface area contributed by atoms with Crippen molar-refractivity contribution in [2.24, 2.45) is 0 Å². The lowest BCUT2D eigenvalue weighted by Crippen LogP contribution is -2.16. The van der Waals surface area contributed by atoms with E-state index in [4.69, 9.17) is 9.47 Å². The molecule has 1 aliphatic carbocycles. The number of anilines is 2. The highest BCUT2D eigenvalue weighted by molar-refractivity contribution is 6.07. The number of amides is 1. The van der Waals surface area contributed by atoms with E-state index in [2.05, 4.69) is 15.6 Å². The molecule has 0 radical (unpaired) electrons. The van der Waals surface area contributed by atoms with Crippen LogP contribution in [0.1, 0.15) is 23.2 Å². The predicted octanol–water partition coefficient (Wildman–Crippen LogP) is 2.64. The van der Waals surface area contributed by atoms with Gasteiger partial charge in [0.1, 0.15) is 5.82 Å². The lowest BCUT2D eigenvalue weighted by atomic mass is 10.2. The van der Waals surface area contributed by atoms with E-state index in [1.807, 2.05) is 0 Å². The standard InChI is InChI=1S/C16H15N3O3/c20-16(12-2-1-7-17-15(12)18-10-3-4-10)19-11-5-6-13-14(8-11)22-9-21-13/h1-2,5-8,10H,3-4,9H2,(H,17,18)(H,19,20). The number of ether oxygens (including phenoxy) is 2. The lowest BCUT2D eigenvalue weighted by Gasteiger charge is -2.10. The van der Waals surface area contributed by atoms with Gasteiger partial charge in [-0.15, -0.1) is 0 Å². The number of hydrogen-bond donors (Lipinski definition) is 2. The van der Waals surface area contributed by atoms with Crippen LogP contribution in [0.15, 0.2) is 36.5 Å². The van der Waals surface area contributed by atoms with Crippen molar-refractivity contribution in [2.75, 3.05) is 17.4 Å². The Bertz CT molecular complexity index is 728. The number of fused-ring (bicyclic) bond motifs is 1. The van der Waals surface area contributed by atoms with Gasteiger partial charge in [0.15, 0.2) is 11.5 Å². The molecule has 0 atom stereocenters. The Morgan fingerprint density at radius 2 is 2.05 bits per heavy atom. The Morgan fingerprint density at radius 1 is 1.18 bits per heavy atom. The zero-order chi connectivity index (χ0) is 14.9. The van der Waals surface area contributed by atoms with E-state index in [9.17, 15) is 4.79 Å². The molecule has 1 fully saturated rings. The Morgan fingerprint density at radius 3 is 2.91 bits per heavy atom. The largest absolute Gasteiger partial charge is 0.454 e. The quantitative estimate of drug-likeness (QED) is 0.907. The molecule has 0 saturated heterocycles. The van der Waals surface area contributed by atoms with Crippen molar-refractivity contribution < 1.29 is 14.3 Å². The molecule has 6 heteroatoms. The number of carbonyl (C=O) groups is 1. The molecule has 22 heavy (non-hydrogen) atoms. The molecule has 0 unspecified atom stereocenters. The molecule has 2 aromatic rings. The number of rotatable bonds is 4. The second kappa shape index (κ2) is 5.22. The topological polar surface area (TPSA) is 72.5 Å². The summed E-state index contributed by atoms with van der Waals surface area (Å²) < 4.78 is 10.6. The van der Waals surface area contributed by atoms with Crippen LogP contribution in [-0.2, 0) is 0 Å². The van der Waals surface area contributed by atoms with Crippen LogP contribution in [0.2, 0.25) is 0 Å². The summed E-state index contributed by atoms with van der Waals surface area (Å²) in [6.07, 6.45) is 3.93. The number of pyridine rings is 1. The third-order valence-electron chi connectivity index (χ3n) is 3.60. The molecule has 1 aromatic heterocycles. The van der Waals surface area contributed by atoms with Crippen LogP contribution >= 0.6 is 0 Å². The van der Waals surface area contributed by atoms with Gasteiger partial charge in [0.05, 0.1) is 5.56 Å². The highest BCUT2D eigenvalue weighted by Crippen LogP contribution is 2.34. The smallest absolute Gasteiger partial charge is 0.259 e. The van der Waals surface area contributed by atoms with Crippen molar-refractivity contribution in [3.8, 4) is 11.5 Å². The van der Waals surface area contributed by atoms with E-state index in [0.717, 1.165) is 12.8 Å². The minimum atomic E-state index is -0.199. The van der Waals surface area contributed by atoms with Crippen LogP contribution in [-0.4, -0.2) is 23.7 Å². The number of aromatic nitrogens is 1. The van der Waals surface area contributed by atoms with Crippen LogP contribution in [0.3, 0.4) is 0 Å². The zero-order valence-electron chi connectivity index (χ0n) is 11.8. The maximum atomic E-state index is 12.5. The van der Waals surface area contributed by atoms with Gasteiger partial charge in [-0.3, -0.25) is 4.79 Å². The summed E-state index contributed by atoms with van der Waals surface area (Å²) in [6, 6.07) is 9.28. The van der Waals surface area contributed by atoms with Gasteiger partial charge in [-0.25, -0.2) is 4.98 Å². The zero-order valence-corrected chi connectivity index (χ0v) is 11.8. The van der Waals surface area contributed by atoms with Crippen molar-refractivity contribution in [2.45, 2.75) is 18.9 Å². The Hall–Kier alpha value is -2.76. The SMILES string of the molecule is O=C(Nc1ccc2c(c1)OCO2)c1cccnc1NC1CC1. The number of hydrogen-bond acceptors (Lipinski definition) is 5. The van der Waals surface area contributed by atoms with E-state index in [0.29, 0.717) is 34.6 Å². The molecule has 0 spiro atoms. The molecule has 1 aliphatic heterocycles. The lowest BCUT2D eigenvalue weighted by molar-refractivity contribution is 0.102. The first-order valence-electron chi connectivity index (χ1n) is 7.22. The van der Waals surface area contributed by atoms with E-state index < -0.39 is 0 Å². The third-order valence-corrected chi connectivity index (χ3v) is 3.60. The Kier molecular flexibility index (Phi) is 3.07. The second-order valence-electron chi connectivity index (χ2n) is 5.34. The second-order valence-corrected chi connectivity index (χ2v) is 5.34. The minimum absolute atomic E-state index is 0.199. The van der Waals surface area contributed by atoms with Crippen molar-refractivity contribution in [1.29, 1.82) is 0 Å². The minimum Gasteiger partial charge on any atom is -0.454 e. The van der Waals surface area contributed by atoms with Crippen molar-refractivity contribution in [1.82, 2.24) is 4.98 Å². The van der Waals surface area contributed by atoms with Crippen molar-refractivity contribution >= 4 is 17.4 Å². The summed E-state index contributed by atoms with van der Waals surface area (Å²) in [5.74, 6) is 1.76. The van der Waals surface area contributed by atoms with Gasteiger partial charge in [-0.1, -0.05) is 0 Å². The molecule has 0 bridgehead atoms. The maximum Gasteiger partial charge on any atom is 0.259 e. The van der Waals surface area contributed by atoms with E-state index in [-0.39, 0.29) is 12.7 Å². The fourth-order valence-electron chi connectivity index (χ4n) is 2.30.